The molecule has 0 saturated heterocycles. The molecule has 0 aliphatic carbocycles. The Hall–Kier alpha value is -2.80. The number of nitrogens with zero attached hydrogens (tertiary/aromatic N) is 1. The number of carbonyl (C=O) groups excluding carboxylic acids is 1. The van der Waals surface area contributed by atoms with Gasteiger partial charge in [0, 0.05) is 5.69 Å². The van der Waals surface area contributed by atoms with Crippen molar-refractivity contribution in [1.29, 1.82) is 5.26 Å². The van der Waals surface area contributed by atoms with E-state index in [1.165, 1.54) is 5.56 Å². The summed E-state index contributed by atoms with van der Waals surface area (Å²) in [4.78, 5) is 12.5. The molecular weight excluding hydrogens is 324 g/mol. The number of hydrogen-bond acceptors (Lipinski definition) is 3. The third-order valence-corrected chi connectivity index (χ3v) is 4.17. The average molecular weight is 350 g/mol. The predicted octanol–water partition coefficient (Wildman–Crippen LogP) is 4.85. The van der Waals surface area contributed by atoms with Gasteiger partial charge in [0.1, 0.15) is 5.75 Å². The van der Waals surface area contributed by atoms with Crippen molar-refractivity contribution in [3.05, 3.63) is 59.7 Å². The first-order chi connectivity index (χ1) is 12.3. The second-order valence-electron chi connectivity index (χ2n) is 7.31. The third-order valence-electron chi connectivity index (χ3n) is 4.17. The van der Waals surface area contributed by atoms with Crippen molar-refractivity contribution < 1.29 is 9.53 Å². The van der Waals surface area contributed by atoms with E-state index < -0.39 is 6.10 Å². The van der Waals surface area contributed by atoms with Gasteiger partial charge in [-0.1, -0.05) is 52.0 Å². The van der Waals surface area contributed by atoms with E-state index in [2.05, 4.69) is 32.2 Å². The number of benzene rings is 2. The number of anilines is 1. The molecule has 0 aliphatic rings. The maximum atomic E-state index is 12.5. The van der Waals surface area contributed by atoms with Crippen LogP contribution in [0.2, 0.25) is 0 Å². The normalized spacial score (nSPS) is 12.1. The number of rotatable bonds is 6. The van der Waals surface area contributed by atoms with Gasteiger partial charge in [0.25, 0.3) is 5.91 Å². The minimum atomic E-state index is -0.561. The topological polar surface area (TPSA) is 62.1 Å². The van der Waals surface area contributed by atoms with Crippen LogP contribution in [0.5, 0.6) is 5.75 Å². The zero-order valence-electron chi connectivity index (χ0n) is 15.9. The number of hydrogen-bond donors (Lipinski definition) is 1. The highest BCUT2D eigenvalue weighted by Gasteiger charge is 2.19. The summed E-state index contributed by atoms with van der Waals surface area (Å²) in [5, 5.41) is 11.6. The van der Waals surface area contributed by atoms with Gasteiger partial charge in [-0.25, -0.2) is 0 Å². The standard InChI is InChI=1S/C22H26N2O2/c1-5-20(26-19-12-8-17(9-13-19)22(2,3)4)21(25)24-18-10-6-16(7-11-18)14-15-23/h6-13,20H,5,14H2,1-4H3,(H,24,25). The zero-order chi connectivity index (χ0) is 19.2. The lowest BCUT2D eigenvalue weighted by Gasteiger charge is -2.21. The van der Waals surface area contributed by atoms with Gasteiger partial charge >= 0.3 is 0 Å². The van der Waals surface area contributed by atoms with Gasteiger partial charge < -0.3 is 10.1 Å². The first-order valence-electron chi connectivity index (χ1n) is 8.87. The average Bonchev–Trinajstić information content (AvgIpc) is 2.61. The Bertz CT molecular complexity index is 766. The van der Waals surface area contributed by atoms with E-state index in [1.807, 2.05) is 43.3 Å². The molecule has 4 heteroatoms. The number of nitriles is 1. The van der Waals surface area contributed by atoms with Crippen LogP contribution in [-0.2, 0) is 16.6 Å². The number of amides is 1. The number of nitrogens with one attached hydrogen (secondary N) is 1. The molecule has 0 bridgehead atoms. The van der Waals surface area contributed by atoms with Gasteiger partial charge in [0.15, 0.2) is 6.10 Å². The summed E-state index contributed by atoms with van der Waals surface area (Å²) in [6.45, 7) is 8.40. The minimum Gasteiger partial charge on any atom is -0.481 e. The maximum Gasteiger partial charge on any atom is 0.265 e. The van der Waals surface area contributed by atoms with Gasteiger partial charge in [-0.05, 0) is 47.2 Å². The van der Waals surface area contributed by atoms with Gasteiger partial charge in [-0.15, -0.1) is 0 Å². The highest BCUT2D eigenvalue weighted by atomic mass is 16.5. The smallest absolute Gasteiger partial charge is 0.265 e. The molecule has 2 aromatic carbocycles. The fraction of sp³-hybridized carbons (Fsp3) is 0.364. The van der Waals surface area contributed by atoms with Gasteiger partial charge in [-0.3, -0.25) is 4.79 Å². The Balaban J connectivity index is 2.01. The van der Waals surface area contributed by atoms with Crippen molar-refractivity contribution in [2.75, 3.05) is 5.32 Å². The third kappa shape index (κ3) is 5.35. The molecule has 0 aliphatic heterocycles. The Kier molecular flexibility index (Phi) is 6.41. The van der Waals surface area contributed by atoms with Crippen molar-refractivity contribution in [2.24, 2.45) is 0 Å². The van der Waals surface area contributed by atoms with Crippen LogP contribution >= 0.6 is 0 Å². The Morgan fingerprint density at radius 3 is 2.23 bits per heavy atom. The molecule has 1 unspecified atom stereocenters. The summed E-state index contributed by atoms with van der Waals surface area (Å²) in [7, 11) is 0. The van der Waals surface area contributed by atoms with Crippen molar-refractivity contribution >= 4 is 11.6 Å². The lowest BCUT2D eigenvalue weighted by atomic mass is 9.87. The highest BCUT2D eigenvalue weighted by Crippen LogP contribution is 2.25. The summed E-state index contributed by atoms with van der Waals surface area (Å²) in [6, 6.07) is 17.3. The summed E-state index contributed by atoms with van der Waals surface area (Å²) >= 11 is 0. The molecule has 2 aromatic rings. The van der Waals surface area contributed by atoms with E-state index >= 15 is 0 Å². The van der Waals surface area contributed by atoms with Crippen LogP contribution in [-0.4, -0.2) is 12.0 Å². The van der Waals surface area contributed by atoms with Crippen LogP contribution in [0.1, 0.15) is 45.2 Å². The molecule has 0 radical (unpaired) electrons. The first-order valence-corrected chi connectivity index (χ1v) is 8.87. The SMILES string of the molecule is CCC(Oc1ccc(C(C)(C)C)cc1)C(=O)Nc1ccc(CC#N)cc1. The molecule has 26 heavy (non-hydrogen) atoms. The minimum absolute atomic E-state index is 0.0811. The molecule has 0 aromatic heterocycles. The quantitative estimate of drug-likeness (QED) is 0.810. The first kappa shape index (κ1) is 19.5. The van der Waals surface area contributed by atoms with Crippen LogP contribution in [0.4, 0.5) is 5.69 Å². The van der Waals surface area contributed by atoms with Gasteiger partial charge in [0.05, 0.1) is 12.5 Å². The predicted molar refractivity (Wildman–Crippen MR) is 104 cm³/mol. The van der Waals surface area contributed by atoms with E-state index in [9.17, 15) is 4.79 Å². The monoisotopic (exact) mass is 350 g/mol. The lowest BCUT2D eigenvalue weighted by Crippen LogP contribution is -2.32. The molecule has 2 rings (SSSR count). The molecule has 4 nitrogen and oxygen atoms in total. The van der Waals surface area contributed by atoms with Gasteiger partial charge in [-0.2, -0.15) is 5.26 Å². The molecule has 0 fully saturated rings. The Morgan fingerprint density at radius 1 is 1.12 bits per heavy atom. The maximum absolute atomic E-state index is 12.5. The van der Waals surface area contributed by atoms with Crippen LogP contribution in [0, 0.1) is 11.3 Å². The summed E-state index contributed by atoms with van der Waals surface area (Å²) in [6.07, 6.45) is 0.369. The number of carbonyl (C=O) groups is 1. The molecule has 1 atom stereocenters. The van der Waals surface area contributed by atoms with Gasteiger partial charge in [0.2, 0.25) is 0 Å². The van der Waals surface area contributed by atoms with Crippen LogP contribution < -0.4 is 10.1 Å². The van der Waals surface area contributed by atoms with Crippen molar-refractivity contribution in [2.45, 2.75) is 52.1 Å². The van der Waals surface area contributed by atoms with E-state index in [-0.39, 0.29) is 11.3 Å². The molecule has 0 spiro atoms. The molecule has 0 saturated carbocycles. The molecule has 1 amide bonds. The number of ether oxygens (including phenoxy) is 1. The molecule has 0 heterocycles. The van der Waals surface area contributed by atoms with Crippen molar-refractivity contribution in [3.8, 4) is 11.8 Å². The fourth-order valence-corrected chi connectivity index (χ4v) is 2.54. The summed E-state index contributed by atoms with van der Waals surface area (Å²) < 4.78 is 5.87. The Labute approximate surface area is 155 Å². The fourth-order valence-electron chi connectivity index (χ4n) is 2.54. The largest absolute Gasteiger partial charge is 0.481 e. The second-order valence-corrected chi connectivity index (χ2v) is 7.31. The van der Waals surface area contributed by atoms with E-state index in [0.717, 1.165) is 5.56 Å². The molecule has 1 N–H and O–H groups in total. The highest BCUT2D eigenvalue weighted by molar-refractivity contribution is 5.94. The summed E-state index contributed by atoms with van der Waals surface area (Å²) in [5.41, 5.74) is 2.92. The van der Waals surface area contributed by atoms with E-state index in [1.54, 1.807) is 12.1 Å². The van der Waals surface area contributed by atoms with Crippen molar-refractivity contribution in [1.82, 2.24) is 0 Å². The van der Waals surface area contributed by atoms with E-state index in [0.29, 0.717) is 24.3 Å². The zero-order valence-corrected chi connectivity index (χ0v) is 15.9. The van der Waals surface area contributed by atoms with Crippen LogP contribution in [0.15, 0.2) is 48.5 Å². The summed E-state index contributed by atoms with van der Waals surface area (Å²) in [5.74, 6) is 0.504. The lowest BCUT2D eigenvalue weighted by molar-refractivity contribution is -0.122. The van der Waals surface area contributed by atoms with E-state index in [4.69, 9.17) is 10.00 Å². The van der Waals surface area contributed by atoms with Crippen molar-refractivity contribution in [3.63, 3.8) is 0 Å². The Morgan fingerprint density at radius 2 is 1.73 bits per heavy atom. The second kappa shape index (κ2) is 8.53. The molecular formula is C22H26N2O2. The molecule has 136 valence electrons. The van der Waals surface area contributed by atoms with Crippen LogP contribution in [0.25, 0.3) is 0 Å². The van der Waals surface area contributed by atoms with Crippen LogP contribution in [0.3, 0.4) is 0 Å².